The molecule has 1 N–H and O–H groups in total. The Balaban J connectivity index is 2.15. The molecule has 116 valence electrons. The van der Waals surface area contributed by atoms with Gasteiger partial charge in [-0.25, -0.2) is 4.68 Å². The van der Waals surface area contributed by atoms with Gasteiger partial charge in [0, 0.05) is 12.3 Å². The average Bonchev–Trinajstić information content (AvgIpc) is 2.46. The van der Waals surface area contributed by atoms with Gasteiger partial charge in [0.2, 0.25) is 5.91 Å². The second kappa shape index (κ2) is 6.79. The van der Waals surface area contributed by atoms with Crippen LogP contribution in [0.1, 0.15) is 18.3 Å². The quantitative estimate of drug-likeness (QED) is 0.872. The Bertz CT molecular complexity index is 718. The zero-order chi connectivity index (χ0) is 16.1. The number of carbonyl (C=O) groups excluding carboxylic acids is 1. The SMILES string of the molecule is CCOc1nc(C)c(NC(=O)Cn2ncccc2=O)c(C)n1. The molecular weight excluding hydrogens is 286 g/mol. The van der Waals surface area contributed by atoms with Crippen LogP contribution >= 0.6 is 0 Å². The molecule has 0 aliphatic rings. The number of anilines is 1. The first kappa shape index (κ1) is 15.6. The lowest BCUT2D eigenvalue weighted by atomic mass is 10.3. The molecule has 0 unspecified atom stereocenters. The monoisotopic (exact) mass is 303 g/mol. The van der Waals surface area contributed by atoms with Gasteiger partial charge in [-0.3, -0.25) is 9.59 Å². The molecule has 0 spiro atoms. The molecule has 0 bridgehead atoms. The smallest absolute Gasteiger partial charge is 0.316 e. The number of aromatic nitrogens is 4. The van der Waals surface area contributed by atoms with Crippen LogP contribution in [0.5, 0.6) is 6.01 Å². The molecular formula is C14H17N5O3. The Hall–Kier alpha value is -2.77. The number of carbonyl (C=O) groups is 1. The molecule has 2 heterocycles. The molecule has 2 aromatic rings. The van der Waals surface area contributed by atoms with E-state index < -0.39 is 0 Å². The first-order chi connectivity index (χ1) is 10.5. The molecule has 22 heavy (non-hydrogen) atoms. The second-order valence-electron chi connectivity index (χ2n) is 4.55. The number of amides is 1. The largest absolute Gasteiger partial charge is 0.464 e. The maximum atomic E-state index is 12.1. The lowest BCUT2D eigenvalue weighted by Gasteiger charge is -2.12. The van der Waals surface area contributed by atoms with Gasteiger partial charge in [-0.2, -0.15) is 15.1 Å². The predicted octanol–water partition coefficient (Wildman–Crippen LogP) is 0.688. The van der Waals surface area contributed by atoms with Gasteiger partial charge in [0.05, 0.1) is 23.7 Å². The third-order valence-electron chi connectivity index (χ3n) is 2.87. The Labute approximate surface area is 127 Å². The van der Waals surface area contributed by atoms with Crippen molar-refractivity contribution in [1.29, 1.82) is 0 Å². The molecule has 0 atom stereocenters. The zero-order valence-corrected chi connectivity index (χ0v) is 12.7. The van der Waals surface area contributed by atoms with E-state index in [4.69, 9.17) is 4.74 Å². The Morgan fingerprint density at radius 1 is 1.32 bits per heavy atom. The van der Waals surface area contributed by atoms with Crippen LogP contribution in [0.2, 0.25) is 0 Å². The summed E-state index contributed by atoms with van der Waals surface area (Å²) in [7, 11) is 0. The number of rotatable bonds is 5. The maximum absolute atomic E-state index is 12.1. The zero-order valence-electron chi connectivity index (χ0n) is 12.7. The summed E-state index contributed by atoms with van der Waals surface area (Å²) in [5.41, 5.74) is 1.36. The minimum Gasteiger partial charge on any atom is -0.464 e. The third kappa shape index (κ3) is 3.66. The molecule has 0 saturated heterocycles. The lowest BCUT2D eigenvalue weighted by molar-refractivity contribution is -0.117. The van der Waals surface area contributed by atoms with E-state index in [1.807, 2.05) is 6.92 Å². The van der Waals surface area contributed by atoms with E-state index in [2.05, 4.69) is 20.4 Å². The first-order valence-electron chi connectivity index (χ1n) is 6.81. The van der Waals surface area contributed by atoms with Gasteiger partial charge < -0.3 is 10.1 Å². The molecule has 8 nitrogen and oxygen atoms in total. The van der Waals surface area contributed by atoms with E-state index >= 15 is 0 Å². The van der Waals surface area contributed by atoms with Gasteiger partial charge >= 0.3 is 6.01 Å². The molecule has 0 aliphatic carbocycles. The van der Waals surface area contributed by atoms with Crippen molar-refractivity contribution in [1.82, 2.24) is 19.7 Å². The van der Waals surface area contributed by atoms with Crippen molar-refractivity contribution in [2.45, 2.75) is 27.3 Å². The highest BCUT2D eigenvalue weighted by Gasteiger charge is 2.13. The maximum Gasteiger partial charge on any atom is 0.316 e. The van der Waals surface area contributed by atoms with E-state index in [-0.39, 0.29) is 24.0 Å². The van der Waals surface area contributed by atoms with E-state index in [1.54, 1.807) is 13.8 Å². The van der Waals surface area contributed by atoms with Gasteiger partial charge in [-0.05, 0) is 26.8 Å². The Morgan fingerprint density at radius 2 is 2.00 bits per heavy atom. The van der Waals surface area contributed by atoms with Gasteiger partial charge in [0.25, 0.3) is 5.56 Å². The summed E-state index contributed by atoms with van der Waals surface area (Å²) in [4.78, 5) is 31.9. The number of hydrogen-bond donors (Lipinski definition) is 1. The molecule has 8 heteroatoms. The van der Waals surface area contributed by atoms with Crippen molar-refractivity contribution >= 4 is 11.6 Å². The molecule has 2 aromatic heterocycles. The van der Waals surface area contributed by atoms with Crippen LogP contribution in [-0.2, 0) is 11.3 Å². The fourth-order valence-corrected chi connectivity index (χ4v) is 1.88. The van der Waals surface area contributed by atoms with Crippen molar-refractivity contribution in [2.24, 2.45) is 0 Å². The van der Waals surface area contributed by atoms with E-state index in [0.29, 0.717) is 23.7 Å². The van der Waals surface area contributed by atoms with Crippen molar-refractivity contribution in [2.75, 3.05) is 11.9 Å². The van der Waals surface area contributed by atoms with Crippen LogP contribution in [-0.4, -0.2) is 32.3 Å². The molecule has 1 amide bonds. The number of nitrogens with one attached hydrogen (secondary N) is 1. The van der Waals surface area contributed by atoms with Gasteiger partial charge in [-0.15, -0.1) is 0 Å². The number of ether oxygens (including phenoxy) is 1. The van der Waals surface area contributed by atoms with Crippen molar-refractivity contribution < 1.29 is 9.53 Å². The summed E-state index contributed by atoms with van der Waals surface area (Å²) < 4.78 is 6.33. The minimum atomic E-state index is -0.375. The predicted molar refractivity (Wildman–Crippen MR) is 79.8 cm³/mol. The molecule has 0 fully saturated rings. The van der Waals surface area contributed by atoms with Crippen LogP contribution in [0.3, 0.4) is 0 Å². The number of nitrogens with zero attached hydrogens (tertiary/aromatic N) is 4. The standard InChI is InChI=1S/C14H17N5O3/c1-4-22-14-16-9(2)13(10(3)17-14)18-11(20)8-19-12(21)6-5-7-15-19/h5-7H,4,8H2,1-3H3,(H,18,20). The summed E-state index contributed by atoms with van der Waals surface area (Å²) in [5, 5.41) is 6.54. The van der Waals surface area contributed by atoms with Gasteiger partial charge in [0.1, 0.15) is 6.54 Å². The Kier molecular flexibility index (Phi) is 4.82. The van der Waals surface area contributed by atoms with Gasteiger partial charge in [0.15, 0.2) is 0 Å². The molecule has 0 saturated carbocycles. The Morgan fingerprint density at radius 3 is 2.59 bits per heavy atom. The molecule has 0 aromatic carbocycles. The molecule has 0 aliphatic heterocycles. The normalized spacial score (nSPS) is 10.3. The number of aryl methyl sites for hydroxylation is 2. The molecule has 0 radical (unpaired) electrons. The van der Waals surface area contributed by atoms with Gasteiger partial charge in [-0.1, -0.05) is 0 Å². The van der Waals surface area contributed by atoms with E-state index in [9.17, 15) is 9.59 Å². The van der Waals surface area contributed by atoms with E-state index in [1.165, 1.54) is 18.3 Å². The van der Waals surface area contributed by atoms with Crippen LogP contribution in [0.4, 0.5) is 5.69 Å². The van der Waals surface area contributed by atoms with Crippen molar-refractivity contribution in [3.8, 4) is 6.01 Å². The fourth-order valence-electron chi connectivity index (χ4n) is 1.88. The summed E-state index contributed by atoms with van der Waals surface area (Å²) in [6.45, 7) is 5.63. The third-order valence-corrected chi connectivity index (χ3v) is 2.87. The average molecular weight is 303 g/mol. The topological polar surface area (TPSA) is 99.0 Å². The summed E-state index contributed by atoms with van der Waals surface area (Å²) >= 11 is 0. The summed E-state index contributed by atoms with van der Waals surface area (Å²) in [6.07, 6.45) is 1.45. The van der Waals surface area contributed by atoms with E-state index in [0.717, 1.165) is 4.68 Å². The highest BCUT2D eigenvalue weighted by Crippen LogP contribution is 2.19. The van der Waals surface area contributed by atoms with Crippen LogP contribution in [0.15, 0.2) is 23.1 Å². The molecule has 2 rings (SSSR count). The minimum absolute atomic E-state index is 0.175. The van der Waals surface area contributed by atoms with Crippen LogP contribution in [0, 0.1) is 13.8 Å². The van der Waals surface area contributed by atoms with Crippen molar-refractivity contribution in [3.05, 3.63) is 40.1 Å². The van der Waals surface area contributed by atoms with Crippen LogP contribution < -0.4 is 15.6 Å². The summed E-state index contributed by atoms with van der Waals surface area (Å²) in [5.74, 6) is -0.375. The van der Waals surface area contributed by atoms with Crippen LogP contribution in [0.25, 0.3) is 0 Å². The summed E-state index contributed by atoms with van der Waals surface area (Å²) in [6, 6.07) is 3.14. The highest BCUT2D eigenvalue weighted by atomic mass is 16.5. The first-order valence-corrected chi connectivity index (χ1v) is 6.81. The number of hydrogen-bond acceptors (Lipinski definition) is 6. The fraction of sp³-hybridized carbons (Fsp3) is 0.357. The highest BCUT2D eigenvalue weighted by molar-refractivity contribution is 5.91. The lowest BCUT2D eigenvalue weighted by Crippen LogP contribution is -2.29. The van der Waals surface area contributed by atoms with Crippen molar-refractivity contribution in [3.63, 3.8) is 0 Å². The second-order valence-corrected chi connectivity index (χ2v) is 4.55.